The average Bonchev–Trinajstić information content (AvgIpc) is 2.53. The summed E-state index contributed by atoms with van der Waals surface area (Å²) in [6.45, 7) is 2.84. The van der Waals surface area contributed by atoms with E-state index in [9.17, 15) is 9.50 Å². The Labute approximate surface area is 125 Å². The van der Waals surface area contributed by atoms with Crippen molar-refractivity contribution < 1.29 is 9.50 Å². The van der Waals surface area contributed by atoms with Crippen LogP contribution in [0.1, 0.15) is 30.6 Å². The molecule has 2 nitrogen and oxygen atoms in total. The number of halogens is 1. The quantitative estimate of drug-likeness (QED) is 0.817. The minimum atomic E-state index is -0.619. The molecule has 2 N–H and O–H groups in total. The van der Waals surface area contributed by atoms with Gasteiger partial charge in [-0.3, -0.25) is 0 Å². The van der Waals surface area contributed by atoms with E-state index in [0.29, 0.717) is 0 Å². The highest BCUT2D eigenvalue weighted by molar-refractivity contribution is 5.20. The van der Waals surface area contributed by atoms with Crippen LogP contribution in [-0.4, -0.2) is 17.7 Å². The molecule has 112 valence electrons. The first-order valence-electron chi connectivity index (χ1n) is 7.41. The molecule has 0 saturated carbocycles. The summed E-state index contributed by atoms with van der Waals surface area (Å²) in [5, 5.41) is 13.8. The molecule has 0 aliphatic rings. The maximum Gasteiger partial charge on any atom is 0.123 e. The lowest BCUT2D eigenvalue weighted by Crippen LogP contribution is -2.35. The zero-order valence-corrected chi connectivity index (χ0v) is 12.3. The molecule has 2 aromatic rings. The summed E-state index contributed by atoms with van der Waals surface area (Å²) in [5.74, 6) is -0.281. The summed E-state index contributed by atoms with van der Waals surface area (Å²) in [6.07, 6.45) is 1.12. The van der Waals surface area contributed by atoms with Crippen LogP contribution in [0, 0.1) is 5.82 Å². The maximum atomic E-state index is 12.9. The van der Waals surface area contributed by atoms with Gasteiger partial charge in [0.05, 0.1) is 6.10 Å². The van der Waals surface area contributed by atoms with E-state index >= 15 is 0 Å². The second-order valence-corrected chi connectivity index (χ2v) is 5.20. The summed E-state index contributed by atoms with van der Waals surface area (Å²) in [6, 6.07) is 16.3. The van der Waals surface area contributed by atoms with Gasteiger partial charge in [-0.1, -0.05) is 49.4 Å². The molecule has 0 aliphatic carbocycles. The van der Waals surface area contributed by atoms with Crippen LogP contribution in [-0.2, 0) is 6.42 Å². The molecule has 2 atom stereocenters. The molecule has 0 aliphatic heterocycles. The molecule has 2 unspecified atom stereocenters. The molecule has 0 fully saturated rings. The van der Waals surface area contributed by atoms with E-state index in [1.807, 2.05) is 25.1 Å². The Hall–Kier alpha value is -1.71. The molecule has 0 aromatic heterocycles. The number of hydrogen-bond acceptors (Lipinski definition) is 2. The summed E-state index contributed by atoms with van der Waals surface area (Å²) in [5.41, 5.74) is 2.02. The van der Waals surface area contributed by atoms with Crippen LogP contribution < -0.4 is 5.32 Å². The van der Waals surface area contributed by atoms with Gasteiger partial charge in [-0.15, -0.1) is 0 Å². The standard InChI is InChI=1S/C18H22FNO/c1-2-17(18(21)15-8-10-16(19)11-9-15)20-13-12-14-6-4-3-5-7-14/h3-11,17-18,20-21H,2,12-13H2,1H3. The van der Waals surface area contributed by atoms with Crippen molar-refractivity contribution in [3.05, 3.63) is 71.5 Å². The zero-order chi connectivity index (χ0) is 15.1. The Morgan fingerprint density at radius 2 is 1.71 bits per heavy atom. The van der Waals surface area contributed by atoms with Gasteiger partial charge in [-0.2, -0.15) is 0 Å². The van der Waals surface area contributed by atoms with Crippen molar-refractivity contribution in [2.45, 2.75) is 31.9 Å². The molecule has 3 heteroatoms. The number of nitrogens with one attached hydrogen (secondary N) is 1. The van der Waals surface area contributed by atoms with Gasteiger partial charge < -0.3 is 10.4 Å². The first kappa shape index (κ1) is 15.7. The van der Waals surface area contributed by atoms with Gasteiger partial charge in [-0.05, 0) is 42.6 Å². The second-order valence-electron chi connectivity index (χ2n) is 5.20. The lowest BCUT2D eigenvalue weighted by Gasteiger charge is -2.23. The lowest BCUT2D eigenvalue weighted by molar-refractivity contribution is 0.126. The normalized spacial score (nSPS) is 13.9. The Morgan fingerprint density at radius 1 is 1.05 bits per heavy atom. The number of hydrogen-bond donors (Lipinski definition) is 2. The van der Waals surface area contributed by atoms with Crippen LogP contribution in [0.2, 0.25) is 0 Å². The fourth-order valence-electron chi connectivity index (χ4n) is 2.42. The molecule has 2 aromatic carbocycles. The maximum absolute atomic E-state index is 12.9. The molecule has 0 amide bonds. The second kappa shape index (κ2) is 7.91. The van der Waals surface area contributed by atoms with Gasteiger partial charge in [0.15, 0.2) is 0 Å². The van der Waals surface area contributed by atoms with E-state index < -0.39 is 6.10 Å². The number of aliphatic hydroxyl groups is 1. The first-order chi connectivity index (χ1) is 10.2. The van der Waals surface area contributed by atoms with Crippen LogP contribution in [0.25, 0.3) is 0 Å². The summed E-state index contributed by atoms with van der Waals surface area (Å²) >= 11 is 0. The summed E-state index contributed by atoms with van der Waals surface area (Å²) in [7, 11) is 0. The van der Waals surface area contributed by atoms with Crippen molar-refractivity contribution >= 4 is 0 Å². The molecule has 0 heterocycles. The number of rotatable bonds is 7. The molecule has 0 spiro atoms. The molecular weight excluding hydrogens is 265 g/mol. The Bertz CT molecular complexity index is 527. The molecule has 21 heavy (non-hydrogen) atoms. The predicted octanol–water partition coefficient (Wildman–Crippen LogP) is 3.47. The van der Waals surface area contributed by atoms with E-state index in [1.54, 1.807) is 12.1 Å². The van der Waals surface area contributed by atoms with Crippen molar-refractivity contribution in [3.63, 3.8) is 0 Å². The molecule has 0 saturated heterocycles. The van der Waals surface area contributed by atoms with Crippen LogP contribution in [0.3, 0.4) is 0 Å². The minimum Gasteiger partial charge on any atom is -0.387 e. The van der Waals surface area contributed by atoms with Gasteiger partial charge in [0.1, 0.15) is 5.82 Å². The van der Waals surface area contributed by atoms with Gasteiger partial charge in [0.2, 0.25) is 0 Å². The van der Waals surface area contributed by atoms with Crippen LogP contribution in [0.15, 0.2) is 54.6 Å². The number of benzene rings is 2. The average molecular weight is 287 g/mol. The van der Waals surface area contributed by atoms with Crippen molar-refractivity contribution in [2.24, 2.45) is 0 Å². The summed E-state index contributed by atoms with van der Waals surface area (Å²) in [4.78, 5) is 0. The van der Waals surface area contributed by atoms with Crippen molar-refractivity contribution in [2.75, 3.05) is 6.54 Å². The molecule has 2 rings (SSSR count). The molecule has 0 bridgehead atoms. The van der Waals surface area contributed by atoms with E-state index in [1.165, 1.54) is 17.7 Å². The fourth-order valence-corrected chi connectivity index (χ4v) is 2.42. The lowest BCUT2D eigenvalue weighted by atomic mass is 10.00. The van der Waals surface area contributed by atoms with E-state index in [4.69, 9.17) is 0 Å². The fraction of sp³-hybridized carbons (Fsp3) is 0.333. The third kappa shape index (κ3) is 4.66. The van der Waals surface area contributed by atoms with E-state index in [2.05, 4.69) is 17.4 Å². The monoisotopic (exact) mass is 287 g/mol. The van der Waals surface area contributed by atoms with Gasteiger partial charge >= 0.3 is 0 Å². The Morgan fingerprint density at radius 3 is 2.33 bits per heavy atom. The highest BCUT2D eigenvalue weighted by Gasteiger charge is 2.18. The molecular formula is C18H22FNO. The Kier molecular flexibility index (Phi) is 5.90. The van der Waals surface area contributed by atoms with E-state index in [0.717, 1.165) is 24.9 Å². The number of aliphatic hydroxyl groups excluding tert-OH is 1. The van der Waals surface area contributed by atoms with Gasteiger partial charge in [0, 0.05) is 6.04 Å². The van der Waals surface area contributed by atoms with Gasteiger partial charge in [-0.25, -0.2) is 4.39 Å². The van der Waals surface area contributed by atoms with Crippen LogP contribution >= 0.6 is 0 Å². The minimum absolute atomic E-state index is 0.0285. The smallest absolute Gasteiger partial charge is 0.123 e. The zero-order valence-electron chi connectivity index (χ0n) is 12.3. The third-order valence-electron chi connectivity index (χ3n) is 3.70. The molecule has 0 radical (unpaired) electrons. The van der Waals surface area contributed by atoms with Crippen LogP contribution in [0.5, 0.6) is 0 Å². The van der Waals surface area contributed by atoms with Crippen molar-refractivity contribution in [1.82, 2.24) is 5.32 Å². The van der Waals surface area contributed by atoms with Crippen molar-refractivity contribution in [1.29, 1.82) is 0 Å². The predicted molar refractivity (Wildman–Crippen MR) is 83.6 cm³/mol. The SMILES string of the molecule is CCC(NCCc1ccccc1)C(O)c1ccc(F)cc1. The summed E-state index contributed by atoms with van der Waals surface area (Å²) < 4.78 is 12.9. The topological polar surface area (TPSA) is 32.3 Å². The third-order valence-corrected chi connectivity index (χ3v) is 3.70. The largest absolute Gasteiger partial charge is 0.387 e. The van der Waals surface area contributed by atoms with Crippen molar-refractivity contribution in [3.8, 4) is 0 Å². The van der Waals surface area contributed by atoms with E-state index in [-0.39, 0.29) is 11.9 Å². The van der Waals surface area contributed by atoms with Crippen LogP contribution in [0.4, 0.5) is 4.39 Å². The van der Waals surface area contributed by atoms with Gasteiger partial charge in [0.25, 0.3) is 0 Å². The highest BCUT2D eigenvalue weighted by atomic mass is 19.1. The Balaban J connectivity index is 1.88. The highest BCUT2D eigenvalue weighted by Crippen LogP contribution is 2.19. The first-order valence-corrected chi connectivity index (χ1v) is 7.41.